The van der Waals surface area contributed by atoms with Crippen LogP contribution in [0.25, 0.3) is 0 Å². The van der Waals surface area contributed by atoms with Crippen molar-refractivity contribution in [2.75, 3.05) is 23.4 Å². The average Bonchev–Trinajstić information content (AvgIpc) is 3.07. The molecule has 1 aromatic heterocycles. The fourth-order valence-electron chi connectivity index (χ4n) is 2.66. The number of thiazole rings is 1. The normalized spacial score (nSPS) is 15.5. The molecule has 0 saturated carbocycles. The van der Waals surface area contributed by atoms with Crippen LogP contribution in [0.1, 0.15) is 19.5 Å². The molecule has 1 aromatic carbocycles. The van der Waals surface area contributed by atoms with Gasteiger partial charge in [-0.3, -0.25) is 19.7 Å². The summed E-state index contributed by atoms with van der Waals surface area (Å²) in [6.45, 7) is 3.59. The fourth-order valence-corrected chi connectivity index (χ4v) is 3.37. The van der Waals surface area contributed by atoms with Crippen LogP contribution >= 0.6 is 11.3 Å². The lowest BCUT2D eigenvalue weighted by atomic mass is 10.2. The maximum Gasteiger partial charge on any atom is 0.311 e. The van der Waals surface area contributed by atoms with E-state index in [9.17, 15) is 14.4 Å². The molecule has 0 radical (unpaired) electrons. The highest BCUT2D eigenvalue weighted by Gasteiger charge is 2.32. The summed E-state index contributed by atoms with van der Waals surface area (Å²) in [5.41, 5.74) is 1.16. The molecule has 1 atom stereocenters. The second-order valence-corrected chi connectivity index (χ2v) is 6.68. The van der Waals surface area contributed by atoms with Gasteiger partial charge in [-0.2, -0.15) is 0 Å². The van der Waals surface area contributed by atoms with Gasteiger partial charge in [0, 0.05) is 12.3 Å². The number of anilines is 2. The highest BCUT2D eigenvalue weighted by Crippen LogP contribution is 2.33. The van der Waals surface area contributed by atoms with Crippen LogP contribution in [0.2, 0.25) is 0 Å². The minimum absolute atomic E-state index is 0.0473. The molecule has 1 N–H and O–H groups in total. The lowest BCUT2D eigenvalue weighted by molar-refractivity contribution is -0.142. The zero-order chi connectivity index (χ0) is 19.4. The van der Waals surface area contributed by atoms with Gasteiger partial charge in [0.25, 0.3) is 5.91 Å². The minimum atomic E-state index is -0.860. The first kappa shape index (κ1) is 18.8. The molecule has 3 rings (SSSR count). The topological polar surface area (TPSA) is 97.8 Å². The third kappa shape index (κ3) is 4.43. The van der Waals surface area contributed by atoms with E-state index >= 15 is 0 Å². The summed E-state index contributed by atoms with van der Waals surface area (Å²) in [5, 5.41) is 4.72. The largest absolute Gasteiger partial charge is 0.476 e. The van der Waals surface area contributed by atoms with E-state index in [1.54, 1.807) is 36.6 Å². The van der Waals surface area contributed by atoms with Gasteiger partial charge in [0.15, 0.2) is 11.2 Å². The number of amides is 2. The zero-order valence-electron chi connectivity index (χ0n) is 14.9. The number of benzene rings is 1. The van der Waals surface area contributed by atoms with Crippen LogP contribution in [0.3, 0.4) is 0 Å². The predicted octanol–water partition coefficient (Wildman–Crippen LogP) is 2.00. The molecule has 0 aliphatic carbocycles. The Morgan fingerprint density at radius 2 is 2.15 bits per heavy atom. The summed E-state index contributed by atoms with van der Waals surface area (Å²) in [7, 11) is 0. The molecule has 1 aliphatic heterocycles. The summed E-state index contributed by atoms with van der Waals surface area (Å²) in [6, 6.07) is 7.07. The Bertz CT molecular complexity index is 866. The summed E-state index contributed by atoms with van der Waals surface area (Å²) >= 11 is 1.21. The zero-order valence-corrected chi connectivity index (χ0v) is 15.7. The Balaban J connectivity index is 1.67. The van der Waals surface area contributed by atoms with Crippen molar-refractivity contribution < 1.29 is 23.9 Å². The van der Waals surface area contributed by atoms with E-state index in [0.29, 0.717) is 28.9 Å². The lowest BCUT2D eigenvalue weighted by Crippen LogP contribution is -2.48. The van der Waals surface area contributed by atoms with Crippen molar-refractivity contribution in [1.82, 2.24) is 4.98 Å². The van der Waals surface area contributed by atoms with Gasteiger partial charge in [-0.05, 0) is 19.1 Å². The molecule has 1 aliphatic rings. The first-order valence-electron chi connectivity index (χ1n) is 8.42. The highest BCUT2D eigenvalue weighted by molar-refractivity contribution is 7.13. The molecule has 27 heavy (non-hydrogen) atoms. The predicted molar refractivity (Wildman–Crippen MR) is 100.0 cm³/mol. The standard InChI is InChI=1S/C18H19N3O5S/c1-3-25-16(23)8-12-10-27-18(19-12)20-17(24)15-9-21(11(2)22)13-6-4-5-7-14(13)26-15/h4-7,10,15H,3,8-9H2,1-2H3,(H,19,20,24). The minimum Gasteiger partial charge on any atom is -0.476 e. The summed E-state index contributed by atoms with van der Waals surface area (Å²) in [5.74, 6) is -0.478. The smallest absolute Gasteiger partial charge is 0.311 e. The first-order chi connectivity index (χ1) is 13.0. The van der Waals surface area contributed by atoms with Crippen LogP contribution in [-0.2, 0) is 25.5 Å². The van der Waals surface area contributed by atoms with Crippen molar-refractivity contribution in [2.45, 2.75) is 26.4 Å². The van der Waals surface area contributed by atoms with E-state index in [-0.39, 0.29) is 24.8 Å². The highest BCUT2D eigenvalue weighted by atomic mass is 32.1. The van der Waals surface area contributed by atoms with Crippen molar-refractivity contribution >= 4 is 39.9 Å². The molecule has 0 spiro atoms. The molecule has 0 bridgehead atoms. The number of ether oxygens (including phenoxy) is 2. The Morgan fingerprint density at radius 3 is 2.89 bits per heavy atom. The molecule has 0 saturated heterocycles. The van der Waals surface area contributed by atoms with Gasteiger partial charge in [0.05, 0.1) is 31.0 Å². The molecule has 2 heterocycles. The van der Waals surface area contributed by atoms with Crippen LogP contribution in [0.5, 0.6) is 5.75 Å². The van der Waals surface area contributed by atoms with Crippen molar-refractivity contribution in [3.8, 4) is 5.75 Å². The molecule has 2 aromatic rings. The van der Waals surface area contributed by atoms with Crippen LogP contribution in [0.15, 0.2) is 29.6 Å². The van der Waals surface area contributed by atoms with E-state index in [2.05, 4.69) is 10.3 Å². The quantitative estimate of drug-likeness (QED) is 0.786. The van der Waals surface area contributed by atoms with Gasteiger partial charge in [-0.1, -0.05) is 12.1 Å². The maximum atomic E-state index is 12.6. The first-order valence-corrected chi connectivity index (χ1v) is 9.30. The average molecular weight is 389 g/mol. The number of aromatic nitrogens is 1. The molecule has 1 unspecified atom stereocenters. The van der Waals surface area contributed by atoms with Crippen LogP contribution < -0.4 is 15.0 Å². The molecule has 2 amide bonds. The van der Waals surface area contributed by atoms with Crippen molar-refractivity contribution in [2.24, 2.45) is 0 Å². The molecule has 0 fully saturated rings. The van der Waals surface area contributed by atoms with E-state index in [1.807, 2.05) is 0 Å². The molecular formula is C18H19N3O5S. The number of rotatable bonds is 5. The summed E-state index contributed by atoms with van der Waals surface area (Å²) < 4.78 is 10.6. The van der Waals surface area contributed by atoms with Crippen molar-refractivity contribution in [3.05, 3.63) is 35.3 Å². The third-order valence-electron chi connectivity index (χ3n) is 3.86. The van der Waals surface area contributed by atoms with Crippen LogP contribution in [-0.4, -0.2) is 42.0 Å². The fraction of sp³-hybridized carbons (Fsp3) is 0.333. The number of esters is 1. The molecular weight excluding hydrogens is 370 g/mol. The van der Waals surface area contributed by atoms with E-state index < -0.39 is 12.0 Å². The second-order valence-electron chi connectivity index (χ2n) is 5.82. The van der Waals surface area contributed by atoms with Gasteiger partial charge in [-0.15, -0.1) is 11.3 Å². The van der Waals surface area contributed by atoms with Gasteiger partial charge in [-0.25, -0.2) is 4.98 Å². The number of carbonyl (C=O) groups is 3. The van der Waals surface area contributed by atoms with E-state index in [1.165, 1.54) is 23.2 Å². The van der Waals surface area contributed by atoms with E-state index in [0.717, 1.165) is 0 Å². The number of fused-ring (bicyclic) bond motifs is 1. The lowest BCUT2D eigenvalue weighted by Gasteiger charge is -2.33. The molecule has 142 valence electrons. The Morgan fingerprint density at radius 1 is 1.37 bits per heavy atom. The Kier molecular flexibility index (Phi) is 5.70. The third-order valence-corrected chi connectivity index (χ3v) is 4.67. The number of nitrogens with one attached hydrogen (secondary N) is 1. The number of para-hydroxylation sites is 2. The van der Waals surface area contributed by atoms with Crippen molar-refractivity contribution in [3.63, 3.8) is 0 Å². The second kappa shape index (κ2) is 8.17. The number of nitrogens with zero attached hydrogens (tertiary/aromatic N) is 2. The van der Waals surface area contributed by atoms with Gasteiger partial charge in [0.1, 0.15) is 5.75 Å². The Hall–Kier alpha value is -2.94. The molecule has 9 heteroatoms. The van der Waals surface area contributed by atoms with E-state index in [4.69, 9.17) is 9.47 Å². The number of hydrogen-bond acceptors (Lipinski definition) is 7. The summed E-state index contributed by atoms with van der Waals surface area (Å²) in [6.07, 6.45) is -0.813. The number of carbonyl (C=O) groups excluding carboxylic acids is 3. The monoisotopic (exact) mass is 389 g/mol. The summed E-state index contributed by atoms with van der Waals surface area (Å²) in [4.78, 5) is 41.7. The van der Waals surface area contributed by atoms with Crippen LogP contribution in [0, 0.1) is 0 Å². The molecule has 8 nitrogen and oxygen atoms in total. The van der Waals surface area contributed by atoms with Crippen LogP contribution in [0.4, 0.5) is 10.8 Å². The Labute approximate surface area is 160 Å². The SMILES string of the molecule is CCOC(=O)Cc1csc(NC(=O)C2CN(C(C)=O)c3ccccc3O2)n1. The van der Waals surface area contributed by atoms with Crippen molar-refractivity contribution in [1.29, 1.82) is 0 Å². The van der Waals surface area contributed by atoms with Gasteiger partial charge in [0.2, 0.25) is 5.91 Å². The van der Waals surface area contributed by atoms with Gasteiger partial charge < -0.3 is 14.4 Å². The maximum absolute atomic E-state index is 12.6. The number of hydrogen-bond donors (Lipinski definition) is 1. The van der Waals surface area contributed by atoms with Gasteiger partial charge >= 0.3 is 5.97 Å².